The van der Waals surface area contributed by atoms with Gasteiger partial charge in [-0.15, -0.1) is 0 Å². The number of benzene rings is 2. The summed E-state index contributed by atoms with van der Waals surface area (Å²) >= 11 is 0. The number of fused-ring (bicyclic) bond motifs is 1. The number of nitrogens with one attached hydrogen (secondary N) is 1. The van der Waals surface area contributed by atoms with Crippen LogP contribution in [-0.4, -0.2) is 25.1 Å². The fraction of sp³-hybridized carbons (Fsp3) is 0.100. The van der Waals surface area contributed by atoms with Crippen LogP contribution in [-0.2, 0) is 4.79 Å². The fourth-order valence-electron chi connectivity index (χ4n) is 2.40. The van der Waals surface area contributed by atoms with E-state index < -0.39 is 0 Å². The van der Waals surface area contributed by atoms with E-state index in [0.29, 0.717) is 11.6 Å². The van der Waals surface area contributed by atoms with Crippen molar-refractivity contribution in [3.05, 3.63) is 66.4 Å². The quantitative estimate of drug-likeness (QED) is 0.719. The van der Waals surface area contributed by atoms with E-state index in [0.717, 1.165) is 22.1 Å². The minimum Gasteiger partial charge on any atom is -0.497 e. The van der Waals surface area contributed by atoms with Gasteiger partial charge >= 0.3 is 0 Å². The molecule has 0 spiro atoms. The van der Waals surface area contributed by atoms with E-state index in [1.807, 2.05) is 36.4 Å². The fourth-order valence-corrected chi connectivity index (χ4v) is 2.40. The van der Waals surface area contributed by atoms with Crippen molar-refractivity contribution >= 4 is 28.4 Å². The van der Waals surface area contributed by atoms with E-state index in [4.69, 9.17) is 9.47 Å². The highest BCUT2D eigenvalue weighted by Gasteiger charge is 2.01. The number of carbonyl (C=O) groups excluding carboxylic acids is 1. The second kappa shape index (κ2) is 7.49. The Bertz CT molecular complexity index is 918. The lowest BCUT2D eigenvalue weighted by molar-refractivity contribution is -0.111. The second-order valence-corrected chi connectivity index (χ2v) is 5.38. The van der Waals surface area contributed by atoms with Crippen LogP contribution in [0.2, 0.25) is 0 Å². The molecule has 5 nitrogen and oxygen atoms in total. The molecule has 126 valence electrons. The van der Waals surface area contributed by atoms with Crippen LogP contribution in [0.1, 0.15) is 5.56 Å². The Kier molecular flexibility index (Phi) is 4.95. The Morgan fingerprint density at radius 2 is 1.80 bits per heavy atom. The van der Waals surface area contributed by atoms with E-state index in [1.165, 1.54) is 6.08 Å². The number of carbonyl (C=O) groups is 1. The van der Waals surface area contributed by atoms with E-state index >= 15 is 0 Å². The van der Waals surface area contributed by atoms with Crippen molar-refractivity contribution in [3.8, 4) is 11.6 Å². The molecule has 1 N–H and O–H groups in total. The molecule has 2 aromatic carbocycles. The van der Waals surface area contributed by atoms with Gasteiger partial charge < -0.3 is 14.8 Å². The highest BCUT2D eigenvalue weighted by atomic mass is 16.5. The summed E-state index contributed by atoms with van der Waals surface area (Å²) in [6.07, 6.45) is 4.82. The van der Waals surface area contributed by atoms with Gasteiger partial charge in [-0.25, -0.2) is 4.98 Å². The Morgan fingerprint density at radius 1 is 1.00 bits per heavy atom. The zero-order chi connectivity index (χ0) is 17.6. The molecule has 0 fully saturated rings. The van der Waals surface area contributed by atoms with Crippen LogP contribution in [0, 0.1) is 0 Å². The number of aromatic nitrogens is 1. The van der Waals surface area contributed by atoms with Crippen LogP contribution in [0.5, 0.6) is 11.6 Å². The van der Waals surface area contributed by atoms with Crippen molar-refractivity contribution in [2.24, 2.45) is 0 Å². The van der Waals surface area contributed by atoms with Crippen LogP contribution in [0.25, 0.3) is 16.8 Å². The molecule has 0 atom stereocenters. The van der Waals surface area contributed by atoms with E-state index in [2.05, 4.69) is 10.3 Å². The van der Waals surface area contributed by atoms with Gasteiger partial charge in [0.05, 0.1) is 26.1 Å². The molecule has 3 rings (SSSR count). The molecule has 0 bridgehead atoms. The maximum Gasteiger partial charge on any atom is 0.248 e. The lowest BCUT2D eigenvalue weighted by Crippen LogP contribution is -2.07. The molecule has 5 heteroatoms. The zero-order valence-electron chi connectivity index (χ0n) is 14.0. The van der Waals surface area contributed by atoms with E-state index in [1.54, 1.807) is 38.6 Å². The third kappa shape index (κ3) is 4.14. The molecule has 1 aromatic heterocycles. The molecular formula is C20H18N2O3. The minimum absolute atomic E-state index is 0.221. The number of methoxy groups -OCH3 is 2. The first-order chi connectivity index (χ1) is 12.2. The first-order valence-corrected chi connectivity index (χ1v) is 7.75. The highest BCUT2D eigenvalue weighted by Crippen LogP contribution is 2.22. The Hall–Kier alpha value is -3.34. The maximum atomic E-state index is 12.0. The predicted octanol–water partition coefficient (Wildman–Crippen LogP) is 3.90. The van der Waals surface area contributed by atoms with Crippen molar-refractivity contribution in [2.75, 3.05) is 19.5 Å². The van der Waals surface area contributed by atoms with Gasteiger partial charge in [-0.2, -0.15) is 0 Å². The van der Waals surface area contributed by atoms with Crippen molar-refractivity contribution in [2.45, 2.75) is 0 Å². The number of hydrogen-bond acceptors (Lipinski definition) is 4. The number of anilines is 1. The standard InChI is InChI=1S/C20H18N2O3/c1-24-18-8-6-15-11-14(3-5-16(15)12-18)4-9-19(23)22-17-7-10-20(25-2)21-13-17/h3-13H,1-2H3,(H,22,23)/b9-4+. The third-order valence-corrected chi connectivity index (χ3v) is 3.71. The number of pyridine rings is 1. The normalized spacial score (nSPS) is 10.8. The highest BCUT2D eigenvalue weighted by molar-refractivity contribution is 6.02. The average molecular weight is 334 g/mol. The van der Waals surface area contributed by atoms with Gasteiger partial charge in [0, 0.05) is 12.1 Å². The van der Waals surface area contributed by atoms with Crippen LogP contribution in [0.3, 0.4) is 0 Å². The summed E-state index contributed by atoms with van der Waals surface area (Å²) in [5.41, 5.74) is 1.56. The molecule has 0 aliphatic heterocycles. The van der Waals surface area contributed by atoms with Crippen molar-refractivity contribution in [3.63, 3.8) is 0 Å². The molecule has 0 aliphatic carbocycles. The predicted molar refractivity (Wildman–Crippen MR) is 99.0 cm³/mol. The number of hydrogen-bond donors (Lipinski definition) is 1. The minimum atomic E-state index is -0.221. The van der Waals surface area contributed by atoms with Crippen molar-refractivity contribution in [1.29, 1.82) is 0 Å². The van der Waals surface area contributed by atoms with E-state index in [9.17, 15) is 4.79 Å². The molecule has 0 unspecified atom stereocenters. The largest absolute Gasteiger partial charge is 0.497 e. The number of nitrogens with zero attached hydrogens (tertiary/aromatic N) is 1. The van der Waals surface area contributed by atoms with Gasteiger partial charge in [-0.05, 0) is 46.7 Å². The van der Waals surface area contributed by atoms with Gasteiger partial charge in [-0.1, -0.05) is 18.2 Å². The average Bonchev–Trinajstić information content (AvgIpc) is 2.66. The molecular weight excluding hydrogens is 316 g/mol. The number of ether oxygens (including phenoxy) is 2. The van der Waals surface area contributed by atoms with Crippen LogP contribution in [0.15, 0.2) is 60.8 Å². The molecule has 3 aromatic rings. The van der Waals surface area contributed by atoms with Crippen molar-refractivity contribution < 1.29 is 14.3 Å². The lowest BCUT2D eigenvalue weighted by Gasteiger charge is -2.04. The van der Waals surface area contributed by atoms with E-state index in [-0.39, 0.29) is 5.91 Å². The summed E-state index contributed by atoms with van der Waals surface area (Å²) in [5, 5.41) is 4.93. The summed E-state index contributed by atoms with van der Waals surface area (Å²) in [6.45, 7) is 0. The summed E-state index contributed by atoms with van der Waals surface area (Å²) in [6, 6.07) is 15.3. The SMILES string of the molecule is COc1ccc2cc(/C=C/C(=O)Nc3ccc(OC)nc3)ccc2c1. The molecule has 25 heavy (non-hydrogen) atoms. The first kappa shape index (κ1) is 16.5. The monoisotopic (exact) mass is 334 g/mol. The molecule has 0 saturated heterocycles. The van der Waals surface area contributed by atoms with Gasteiger partial charge in [0.15, 0.2) is 0 Å². The Labute approximate surface area is 145 Å². The van der Waals surface area contributed by atoms with Gasteiger partial charge in [0.1, 0.15) is 5.75 Å². The smallest absolute Gasteiger partial charge is 0.248 e. The summed E-state index contributed by atoms with van der Waals surface area (Å²) < 4.78 is 10.2. The van der Waals surface area contributed by atoms with Crippen LogP contribution < -0.4 is 14.8 Å². The lowest BCUT2D eigenvalue weighted by atomic mass is 10.1. The van der Waals surface area contributed by atoms with Crippen LogP contribution >= 0.6 is 0 Å². The van der Waals surface area contributed by atoms with Crippen molar-refractivity contribution in [1.82, 2.24) is 4.98 Å². The van der Waals surface area contributed by atoms with Gasteiger partial charge in [0.2, 0.25) is 11.8 Å². The summed E-state index contributed by atoms with van der Waals surface area (Å²) in [7, 11) is 3.19. The maximum absolute atomic E-state index is 12.0. The first-order valence-electron chi connectivity index (χ1n) is 7.75. The van der Waals surface area contributed by atoms with Gasteiger partial charge in [0.25, 0.3) is 0 Å². The Morgan fingerprint density at radius 3 is 2.52 bits per heavy atom. The second-order valence-electron chi connectivity index (χ2n) is 5.38. The molecule has 1 heterocycles. The summed E-state index contributed by atoms with van der Waals surface area (Å²) in [4.78, 5) is 16.1. The third-order valence-electron chi connectivity index (χ3n) is 3.71. The molecule has 1 amide bonds. The molecule has 0 aliphatic rings. The Balaban J connectivity index is 1.69. The summed E-state index contributed by atoms with van der Waals surface area (Å²) in [5.74, 6) is 1.10. The number of rotatable bonds is 5. The van der Waals surface area contributed by atoms with Crippen LogP contribution in [0.4, 0.5) is 5.69 Å². The molecule has 0 saturated carbocycles. The van der Waals surface area contributed by atoms with Gasteiger partial charge in [-0.3, -0.25) is 4.79 Å². The number of amides is 1. The zero-order valence-corrected chi connectivity index (χ0v) is 14.0. The molecule has 0 radical (unpaired) electrons. The topological polar surface area (TPSA) is 60.5 Å².